The molecule has 0 aliphatic carbocycles. The second kappa shape index (κ2) is 4.91. The Morgan fingerprint density at radius 2 is 2.00 bits per heavy atom. The van der Waals surface area contributed by atoms with Gasteiger partial charge in [-0.25, -0.2) is 0 Å². The molecule has 18 heavy (non-hydrogen) atoms. The molecule has 0 aromatic heterocycles. The van der Waals surface area contributed by atoms with E-state index in [9.17, 15) is 4.79 Å². The van der Waals surface area contributed by atoms with Crippen LogP contribution in [0.4, 0.5) is 0 Å². The third-order valence-electron chi connectivity index (χ3n) is 3.69. The average molecular weight is 239 g/mol. The monoisotopic (exact) mass is 239 g/mol. The van der Waals surface area contributed by atoms with Crippen molar-refractivity contribution in [1.82, 2.24) is 5.32 Å². The van der Waals surface area contributed by atoms with Crippen molar-refractivity contribution in [2.45, 2.75) is 25.3 Å². The lowest BCUT2D eigenvalue weighted by atomic mass is 9.97. The first kappa shape index (κ1) is 11.4. The van der Waals surface area contributed by atoms with E-state index in [-0.39, 0.29) is 6.04 Å². The Balaban J connectivity index is 1.88. The Kier molecular flexibility index (Phi) is 3.11. The highest BCUT2D eigenvalue weighted by atomic mass is 16.1. The molecule has 1 N–H and O–H groups in total. The molecule has 3 rings (SSSR count). The third-order valence-corrected chi connectivity index (χ3v) is 3.69. The van der Waals surface area contributed by atoms with Crippen molar-refractivity contribution >= 4 is 16.6 Å². The van der Waals surface area contributed by atoms with E-state index in [0.717, 1.165) is 24.9 Å². The molecule has 0 saturated carbocycles. The van der Waals surface area contributed by atoms with Gasteiger partial charge in [-0.3, -0.25) is 4.79 Å². The van der Waals surface area contributed by atoms with Gasteiger partial charge in [-0.15, -0.1) is 0 Å². The minimum absolute atomic E-state index is 0.0731. The van der Waals surface area contributed by atoms with E-state index in [4.69, 9.17) is 0 Å². The van der Waals surface area contributed by atoms with E-state index in [1.54, 1.807) is 0 Å². The smallest absolute Gasteiger partial charge is 0.154 e. The fourth-order valence-corrected chi connectivity index (χ4v) is 2.72. The number of ketones is 1. The first-order valence-electron chi connectivity index (χ1n) is 6.57. The first-order chi connectivity index (χ1) is 8.84. The molecule has 1 saturated heterocycles. The summed E-state index contributed by atoms with van der Waals surface area (Å²) >= 11 is 0. The van der Waals surface area contributed by atoms with Gasteiger partial charge in [0.25, 0.3) is 0 Å². The Hall–Kier alpha value is -1.67. The van der Waals surface area contributed by atoms with Crippen LogP contribution in [0.1, 0.15) is 18.4 Å². The summed E-state index contributed by atoms with van der Waals surface area (Å²) in [6, 6.07) is 14.5. The highest BCUT2D eigenvalue weighted by molar-refractivity contribution is 5.93. The molecule has 1 heterocycles. The molecular formula is C16H17NO. The number of benzene rings is 2. The van der Waals surface area contributed by atoms with Crippen LogP contribution in [0.25, 0.3) is 10.8 Å². The summed E-state index contributed by atoms with van der Waals surface area (Å²) in [5.41, 5.74) is 1.15. The molecule has 1 aliphatic heterocycles. The molecule has 2 heteroatoms. The highest BCUT2D eigenvalue weighted by Gasteiger charge is 2.22. The second-order valence-corrected chi connectivity index (χ2v) is 4.93. The number of hydrogen-bond acceptors (Lipinski definition) is 2. The summed E-state index contributed by atoms with van der Waals surface area (Å²) in [7, 11) is 0. The lowest BCUT2D eigenvalue weighted by molar-refractivity contribution is -0.120. The molecule has 2 aromatic rings. The van der Waals surface area contributed by atoms with Crippen molar-refractivity contribution in [3.05, 3.63) is 48.0 Å². The quantitative estimate of drug-likeness (QED) is 0.892. The van der Waals surface area contributed by atoms with Gasteiger partial charge >= 0.3 is 0 Å². The maximum atomic E-state index is 12.2. The van der Waals surface area contributed by atoms with Crippen LogP contribution in [0.5, 0.6) is 0 Å². The van der Waals surface area contributed by atoms with Crippen LogP contribution in [0.15, 0.2) is 42.5 Å². The number of nitrogens with one attached hydrogen (secondary N) is 1. The lowest BCUT2D eigenvalue weighted by Gasteiger charge is -2.10. The van der Waals surface area contributed by atoms with Gasteiger partial charge in [-0.2, -0.15) is 0 Å². The van der Waals surface area contributed by atoms with E-state index < -0.39 is 0 Å². The molecule has 1 atom stereocenters. The van der Waals surface area contributed by atoms with E-state index in [1.807, 2.05) is 18.2 Å². The zero-order chi connectivity index (χ0) is 12.4. The molecule has 92 valence electrons. The van der Waals surface area contributed by atoms with Gasteiger partial charge in [0.15, 0.2) is 5.78 Å². The predicted octanol–water partition coefficient (Wildman–Crippen LogP) is 2.70. The average Bonchev–Trinajstić information content (AvgIpc) is 2.93. The Morgan fingerprint density at radius 1 is 1.17 bits per heavy atom. The van der Waals surface area contributed by atoms with Crippen LogP contribution in [0.2, 0.25) is 0 Å². The SMILES string of the molecule is O=C(Cc1cccc2ccccc12)C1CCCN1. The molecule has 1 fully saturated rings. The minimum atomic E-state index is 0.0731. The zero-order valence-corrected chi connectivity index (χ0v) is 10.4. The van der Waals surface area contributed by atoms with Crippen LogP contribution in [-0.4, -0.2) is 18.4 Å². The molecule has 0 radical (unpaired) electrons. The Bertz CT molecular complexity index is 565. The number of Topliss-reactive ketones (excluding diaryl/α,β-unsaturated/α-hetero) is 1. The number of carbonyl (C=O) groups is 1. The van der Waals surface area contributed by atoms with Crippen molar-refractivity contribution in [3.63, 3.8) is 0 Å². The molecule has 0 spiro atoms. The van der Waals surface area contributed by atoms with Crippen molar-refractivity contribution in [1.29, 1.82) is 0 Å². The van der Waals surface area contributed by atoms with Crippen LogP contribution < -0.4 is 5.32 Å². The first-order valence-corrected chi connectivity index (χ1v) is 6.57. The van der Waals surface area contributed by atoms with E-state index in [2.05, 4.69) is 29.6 Å². The van der Waals surface area contributed by atoms with E-state index in [0.29, 0.717) is 12.2 Å². The van der Waals surface area contributed by atoms with Gasteiger partial charge in [0.05, 0.1) is 6.04 Å². The molecule has 0 bridgehead atoms. The molecule has 2 nitrogen and oxygen atoms in total. The maximum absolute atomic E-state index is 12.2. The molecule has 1 unspecified atom stereocenters. The lowest BCUT2D eigenvalue weighted by Crippen LogP contribution is -2.31. The minimum Gasteiger partial charge on any atom is -0.307 e. The van der Waals surface area contributed by atoms with Crippen molar-refractivity contribution in [2.75, 3.05) is 6.54 Å². The van der Waals surface area contributed by atoms with Gasteiger partial charge in [0.2, 0.25) is 0 Å². The fraction of sp³-hybridized carbons (Fsp3) is 0.312. The van der Waals surface area contributed by atoms with Gasteiger partial charge in [0.1, 0.15) is 0 Å². The van der Waals surface area contributed by atoms with Crippen molar-refractivity contribution in [3.8, 4) is 0 Å². The fourth-order valence-electron chi connectivity index (χ4n) is 2.72. The largest absolute Gasteiger partial charge is 0.307 e. The van der Waals surface area contributed by atoms with E-state index >= 15 is 0 Å². The molecule has 1 aliphatic rings. The number of rotatable bonds is 3. The van der Waals surface area contributed by atoms with E-state index in [1.165, 1.54) is 10.8 Å². The summed E-state index contributed by atoms with van der Waals surface area (Å²) in [6.45, 7) is 0.978. The van der Waals surface area contributed by atoms with Crippen LogP contribution in [0, 0.1) is 0 Å². The van der Waals surface area contributed by atoms with Crippen LogP contribution >= 0.6 is 0 Å². The summed E-state index contributed by atoms with van der Waals surface area (Å²) < 4.78 is 0. The zero-order valence-electron chi connectivity index (χ0n) is 10.4. The number of hydrogen-bond donors (Lipinski definition) is 1. The van der Waals surface area contributed by atoms with Crippen molar-refractivity contribution in [2.24, 2.45) is 0 Å². The summed E-state index contributed by atoms with van der Waals surface area (Å²) in [6.07, 6.45) is 2.65. The van der Waals surface area contributed by atoms with Gasteiger partial charge in [0, 0.05) is 6.42 Å². The Labute approximate surface area is 107 Å². The Morgan fingerprint density at radius 3 is 2.83 bits per heavy atom. The standard InChI is InChI=1S/C16H17NO/c18-16(15-9-4-10-17-15)11-13-7-3-6-12-5-1-2-8-14(12)13/h1-3,5-8,15,17H,4,9-11H2. The normalized spacial score (nSPS) is 19.2. The number of carbonyl (C=O) groups excluding carboxylic acids is 1. The summed E-state index contributed by atoms with van der Waals surface area (Å²) in [4.78, 5) is 12.2. The predicted molar refractivity (Wildman–Crippen MR) is 73.7 cm³/mol. The topological polar surface area (TPSA) is 29.1 Å². The molecule has 0 amide bonds. The molecular weight excluding hydrogens is 222 g/mol. The van der Waals surface area contributed by atoms with Gasteiger partial charge in [-0.1, -0.05) is 42.5 Å². The van der Waals surface area contributed by atoms with Gasteiger partial charge in [-0.05, 0) is 35.7 Å². The summed E-state index contributed by atoms with van der Waals surface area (Å²) in [5, 5.41) is 5.69. The third kappa shape index (κ3) is 2.16. The summed E-state index contributed by atoms with van der Waals surface area (Å²) in [5.74, 6) is 0.323. The van der Waals surface area contributed by atoms with Gasteiger partial charge < -0.3 is 5.32 Å². The maximum Gasteiger partial charge on any atom is 0.154 e. The number of fused-ring (bicyclic) bond motifs is 1. The van der Waals surface area contributed by atoms with Crippen molar-refractivity contribution < 1.29 is 4.79 Å². The molecule has 2 aromatic carbocycles. The second-order valence-electron chi connectivity index (χ2n) is 4.93. The van der Waals surface area contributed by atoms with Crippen LogP contribution in [0.3, 0.4) is 0 Å². The van der Waals surface area contributed by atoms with Crippen LogP contribution in [-0.2, 0) is 11.2 Å². The highest BCUT2D eigenvalue weighted by Crippen LogP contribution is 2.20.